The zero-order chi connectivity index (χ0) is 12.7. The molecule has 0 radical (unpaired) electrons. The van der Waals surface area contributed by atoms with Crippen molar-refractivity contribution in [1.29, 1.82) is 0 Å². The Labute approximate surface area is 101 Å². The lowest BCUT2D eigenvalue weighted by Gasteiger charge is -2.30. The molecule has 0 spiro atoms. The molecule has 0 aromatic rings. The van der Waals surface area contributed by atoms with Crippen LogP contribution < -0.4 is 11.2 Å². The molecule has 17 heavy (non-hydrogen) atoms. The highest BCUT2D eigenvalue weighted by Gasteiger charge is 2.22. The highest BCUT2D eigenvalue weighted by Crippen LogP contribution is 2.16. The summed E-state index contributed by atoms with van der Waals surface area (Å²) >= 11 is 0. The molecule has 1 fully saturated rings. The van der Waals surface area contributed by atoms with Crippen molar-refractivity contribution in [3.05, 3.63) is 0 Å². The van der Waals surface area contributed by atoms with E-state index in [1.165, 1.54) is 0 Å². The van der Waals surface area contributed by atoms with Crippen LogP contribution in [0.5, 0.6) is 0 Å². The Morgan fingerprint density at radius 1 is 1.29 bits per heavy atom. The van der Waals surface area contributed by atoms with Crippen molar-refractivity contribution in [3.8, 4) is 0 Å². The number of hydrogen-bond donors (Lipinski definition) is 3. The number of piperidine rings is 1. The summed E-state index contributed by atoms with van der Waals surface area (Å²) in [5, 5.41) is 8.31. The van der Waals surface area contributed by atoms with Crippen LogP contribution in [0.25, 0.3) is 0 Å². The molecular weight excluding hydrogens is 222 g/mol. The molecule has 1 heterocycles. The van der Waals surface area contributed by atoms with Crippen LogP contribution in [0, 0.1) is 5.92 Å². The van der Waals surface area contributed by atoms with Gasteiger partial charge in [-0.3, -0.25) is 14.8 Å². The van der Waals surface area contributed by atoms with Crippen LogP contribution in [0.2, 0.25) is 0 Å². The predicted molar refractivity (Wildman–Crippen MR) is 62.1 cm³/mol. The van der Waals surface area contributed by atoms with E-state index in [1.807, 2.05) is 0 Å². The molecule has 0 aromatic carbocycles. The van der Waals surface area contributed by atoms with Gasteiger partial charge in [-0.05, 0) is 45.3 Å². The standard InChI is InChI=1S/C11H21N3O3/c12-11(16)9-4-7-14(8-5-9)6-2-1-3-10(15)13-17/h9,17H,1-8H2,(H2,12,16)(H,13,15). The second-order valence-corrected chi connectivity index (χ2v) is 4.51. The van der Waals surface area contributed by atoms with E-state index in [-0.39, 0.29) is 17.7 Å². The minimum Gasteiger partial charge on any atom is -0.369 e. The second kappa shape index (κ2) is 7.24. The first-order chi connectivity index (χ1) is 8.13. The number of carbonyl (C=O) groups is 2. The molecule has 1 aliphatic heterocycles. The number of hydroxylamine groups is 1. The Kier molecular flexibility index (Phi) is 5.93. The van der Waals surface area contributed by atoms with Crippen molar-refractivity contribution in [3.63, 3.8) is 0 Å². The van der Waals surface area contributed by atoms with Gasteiger partial charge >= 0.3 is 0 Å². The van der Waals surface area contributed by atoms with Crippen LogP contribution in [0.4, 0.5) is 0 Å². The van der Waals surface area contributed by atoms with Gasteiger partial charge in [0.25, 0.3) is 0 Å². The maximum atomic E-state index is 11.0. The topological polar surface area (TPSA) is 95.7 Å². The van der Waals surface area contributed by atoms with Crippen LogP contribution in [-0.4, -0.2) is 41.6 Å². The van der Waals surface area contributed by atoms with Crippen molar-refractivity contribution in [1.82, 2.24) is 10.4 Å². The summed E-state index contributed by atoms with van der Waals surface area (Å²) in [6.45, 7) is 2.74. The number of nitrogens with two attached hydrogens (primary N) is 1. The Morgan fingerprint density at radius 2 is 1.94 bits per heavy atom. The highest BCUT2D eigenvalue weighted by atomic mass is 16.5. The van der Waals surface area contributed by atoms with E-state index in [9.17, 15) is 9.59 Å². The molecule has 1 saturated heterocycles. The van der Waals surface area contributed by atoms with Crippen molar-refractivity contribution >= 4 is 11.8 Å². The number of hydrogen-bond acceptors (Lipinski definition) is 4. The molecular formula is C11H21N3O3. The van der Waals surface area contributed by atoms with Gasteiger partial charge in [-0.1, -0.05) is 0 Å². The summed E-state index contributed by atoms with van der Waals surface area (Å²) in [5.74, 6) is -0.492. The van der Waals surface area contributed by atoms with Crippen molar-refractivity contribution in [2.24, 2.45) is 11.7 Å². The predicted octanol–water partition coefficient (Wildman–Crippen LogP) is -0.141. The number of nitrogens with one attached hydrogen (secondary N) is 1. The summed E-state index contributed by atoms with van der Waals surface area (Å²) in [4.78, 5) is 24.0. The average molecular weight is 243 g/mol. The maximum Gasteiger partial charge on any atom is 0.243 e. The molecule has 1 aliphatic rings. The Bertz CT molecular complexity index is 263. The quantitative estimate of drug-likeness (QED) is 0.344. The van der Waals surface area contributed by atoms with E-state index in [1.54, 1.807) is 5.48 Å². The van der Waals surface area contributed by atoms with Gasteiger partial charge in [0.05, 0.1) is 0 Å². The van der Waals surface area contributed by atoms with E-state index < -0.39 is 0 Å². The molecule has 6 nitrogen and oxygen atoms in total. The van der Waals surface area contributed by atoms with E-state index in [0.29, 0.717) is 6.42 Å². The molecule has 0 atom stereocenters. The fraction of sp³-hybridized carbons (Fsp3) is 0.818. The number of nitrogens with zero attached hydrogens (tertiary/aromatic N) is 1. The number of carbonyl (C=O) groups excluding carboxylic acids is 2. The molecule has 1 rings (SSSR count). The first-order valence-corrected chi connectivity index (χ1v) is 6.08. The third-order valence-corrected chi connectivity index (χ3v) is 3.24. The monoisotopic (exact) mass is 243 g/mol. The molecule has 0 bridgehead atoms. The number of rotatable bonds is 6. The molecule has 98 valence electrons. The fourth-order valence-electron chi connectivity index (χ4n) is 2.12. The summed E-state index contributed by atoms with van der Waals surface area (Å²) in [6, 6.07) is 0. The second-order valence-electron chi connectivity index (χ2n) is 4.51. The number of amides is 2. The van der Waals surface area contributed by atoms with Crippen LogP contribution in [0.1, 0.15) is 32.1 Å². The number of unbranched alkanes of at least 4 members (excludes halogenated alkanes) is 1. The minimum atomic E-state index is -0.336. The highest BCUT2D eigenvalue weighted by molar-refractivity contribution is 5.76. The third-order valence-electron chi connectivity index (χ3n) is 3.24. The van der Waals surface area contributed by atoms with Crippen LogP contribution in [-0.2, 0) is 9.59 Å². The Morgan fingerprint density at radius 3 is 2.47 bits per heavy atom. The summed E-state index contributed by atoms with van der Waals surface area (Å²) < 4.78 is 0. The molecule has 0 saturated carbocycles. The number of primary amides is 1. The average Bonchev–Trinajstić information content (AvgIpc) is 2.34. The fourth-order valence-corrected chi connectivity index (χ4v) is 2.12. The first kappa shape index (κ1) is 13.9. The van der Waals surface area contributed by atoms with Crippen LogP contribution in [0.15, 0.2) is 0 Å². The largest absolute Gasteiger partial charge is 0.369 e. The molecule has 6 heteroatoms. The van der Waals surface area contributed by atoms with Gasteiger partial charge in [0.1, 0.15) is 0 Å². The van der Waals surface area contributed by atoms with Crippen molar-refractivity contribution < 1.29 is 14.8 Å². The van der Waals surface area contributed by atoms with Crippen molar-refractivity contribution in [2.75, 3.05) is 19.6 Å². The lowest BCUT2D eigenvalue weighted by molar-refractivity contribution is -0.129. The molecule has 0 aliphatic carbocycles. The maximum absolute atomic E-state index is 11.0. The van der Waals surface area contributed by atoms with E-state index in [4.69, 9.17) is 10.9 Å². The van der Waals surface area contributed by atoms with Gasteiger partial charge in [0.2, 0.25) is 11.8 Å². The summed E-state index contributed by atoms with van der Waals surface area (Å²) in [5.41, 5.74) is 6.88. The van der Waals surface area contributed by atoms with Gasteiger partial charge in [0, 0.05) is 12.3 Å². The molecule has 0 unspecified atom stereocenters. The molecule has 0 aromatic heterocycles. The smallest absolute Gasteiger partial charge is 0.243 e. The van der Waals surface area contributed by atoms with Crippen LogP contribution >= 0.6 is 0 Å². The van der Waals surface area contributed by atoms with Gasteiger partial charge in [-0.25, -0.2) is 5.48 Å². The molecule has 4 N–H and O–H groups in total. The number of likely N-dealkylation sites (tertiary alicyclic amines) is 1. The lowest BCUT2D eigenvalue weighted by Crippen LogP contribution is -2.38. The SMILES string of the molecule is NC(=O)C1CCN(CCCCC(=O)NO)CC1. The van der Waals surface area contributed by atoms with Gasteiger partial charge in [-0.2, -0.15) is 0 Å². The summed E-state index contributed by atoms with van der Waals surface area (Å²) in [7, 11) is 0. The zero-order valence-corrected chi connectivity index (χ0v) is 10.0. The lowest BCUT2D eigenvalue weighted by atomic mass is 9.96. The van der Waals surface area contributed by atoms with Gasteiger partial charge < -0.3 is 10.6 Å². The Hall–Kier alpha value is -1.14. The van der Waals surface area contributed by atoms with E-state index in [2.05, 4.69) is 4.90 Å². The normalized spacial score (nSPS) is 17.9. The van der Waals surface area contributed by atoms with Gasteiger partial charge in [-0.15, -0.1) is 0 Å². The zero-order valence-electron chi connectivity index (χ0n) is 10.0. The van der Waals surface area contributed by atoms with E-state index in [0.717, 1.165) is 45.3 Å². The Balaban J connectivity index is 2.06. The molecule has 2 amide bonds. The van der Waals surface area contributed by atoms with Gasteiger partial charge in [0.15, 0.2) is 0 Å². The van der Waals surface area contributed by atoms with Crippen LogP contribution in [0.3, 0.4) is 0 Å². The van der Waals surface area contributed by atoms with Crippen molar-refractivity contribution in [2.45, 2.75) is 32.1 Å². The van der Waals surface area contributed by atoms with E-state index >= 15 is 0 Å². The minimum absolute atomic E-state index is 0.0337. The third kappa shape index (κ3) is 5.14. The summed E-state index contributed by atoms with van der Waals surface area (Å²) in [6.07, 6.45) is 3.73. The first-order valence-electron chi connectivity index (χ1n) is 6.08.